The van der Waals surface area contributed by atoms with Gasteiger partial charge in [0.05, 0.1) is 4.83 Å². The van der Waals surface area contributed by atoms with E-state index in [1.165, 1.54) is 34.7 Å². The highest BCUT2D eigenvalue weighted by Crippen LogP contribution is 2.44. The van der Waals surface area contributed by atoms with Crippen molar-refractivity contribution in [1.29, 1.82) is 0 Å². The summed E-state index contributed by atoms with van der Waals surface area (Å²) in [7, 11) is 0. The van der Waals surface area contributed by atoms with Gasteiger partial charge in [-0.2, -0.15) is 0 Å². The Bertz CT molecular complexity index is 239. The lowest BCUT2D eigenvalue weighted by Crippen LogP contribution is -2.40. The van der Waals surface area contributed by atoms with Gasteiger partial charge in [-0.1, -0.05) is 50.7 Å². The molecule has 0 radical (unpaired) electrons. The summed E-state index contributed by atoms with van der Waals surface area (Å²) >= 11 is 4.44. The lowest BCUT2D eigenvalue weighted by molar-refractivity contribution is 0.113. The number of hydrogen-bond acceptors (Lipinski definition) is 0. The minimum absolute atomic E-state index is 0.657. The SMILES string of the molecule is FC1=CC=CC(Br)C1(I)C(F)F. The smallest absolute Gasteiger partial charge is 0.210 e. The molecule has 5 heteroatoms. The number of hydrogen-bond donors (Lipinski definition) is 0. The molecule has 1 aliphatic rings. The first-order chi connectivity index (χ1) is 5.49. The fourth-order valence-corrected chi connectivity index (χ4v) is 1.84. The summed E-state index contributed by atoms with van der Waals surface area (Å²) in [6.45, 7) is 0. The molecule has 68 valence electrons. The quantitative estimate of drug-likeness (QED) is 0.499. The second kappa shape index (κ2) is 3.69. The number of rotatable bonds is 1. The third kappa shape index (κ3) is 1.57. The van der Waals surface area contributed by atoms with Crippen molar-refractivity contribution in [1.82, 2.24) is 0 Å². The molecule has 0 amide bonds. The molecule has 0 N–H and O–H groups in total. The van der Waals surface area contributed by atoms with Crippen molar-refractivity contribution in [2.45, 2.75) is 14.7 Å². The van der Waals surface area contributed by atoms with Crippen LogP contribution in [0.1, 0.15) is 0 Å². The largest absolute Gasteiger partial charge is 0.260 e. The van der Waals surface area contributed by atoms with Gasteiger partial charge >= 0.3 is 0 Å². The van der Waals surface area contributed by atoms with E-state index in [1.54, 1.807) is 0 Å². The van der Waals surface area contributed by atoms with Crippen LogP contribution in [0.2, 0.25) is 0 Å². The number of halogens is 5. The average Bonchev–Trinajstić information content (AvgIpc) is 1.99. The molecule has 0 saturated carbocycles. The maximum atomic E-state index is 13.0. The third-order valence-corrected chi connectivity index (χ3v) is 5.15. The van der Waals surface area contributed by atoms with E-state index < -0.39 is 20.5 Å². The molecule has 0 spiro atoms. The zero-order chi connectivity index (χ0) is 9.35. The zero-order valence-electron chi connectivity index (χ0n) is 5.78. The van der Waals surface area contributed by atoms with Crippen LogP contribution >= 0.6 is 38.5 Å². The maximum absolute atomic E-state index is 13.0. The second-order valence-electron chi connectivity index (χ2n) is 2.37. The van der Waals surface area contributed by atoms with Crippen LogP contribution in [0, 0.1) is 0 Å². The van der Waals surface area contributed by atoms with E-state index >= 15 is 0 Å². The Hall–Kier alpha value is 0.480. The Labute approximate surface area is 90.2 Å². The number of alkyl halides is 4. The summed E-state index contributed by atoms with van der Waals surface area (Å²) in [4.78, 5) is -0.657. The molecule has 0 nitrogen and oxygen atoms in total. The lowest BCUT2D eigenvalue weighted by atomic mass is 10.00. The Morgan fingerprint density at radius 1 is 1.58 bits per heavy atom. The van der Waals surface area contributed by atoms with Gasteiger partial charge in [0, 0.05) is 0 Å². The van der Waals surface area contributed by atoms with Crippen molar-refractivity contribution in [3.8, 4) is 0 Å². The van der Waals surface area contributed by atoms with E-state index in [0.29, 0.717) is 0 Å². The zero-order valence-corrected chi connectivity index (χ0v) is 9.52. The highest BCUT2D eigenvalue weighted by atomic mass is 127. The van der Waals surface area contributed by atoms with Gasteiger partial charge in [0.1, 0.15) is 9.25 Å². The monoisotopic (exact) mass is 352 g/mol. The number of allylic oxidation sites excluding steroid dienone is 4. The van der Waals surface area contributed by atoms with Gasteiger partial charge in [-0.05, 0) is 6.08 Å². The van der Waals surface area contributed by atoms with Gasteiger partial charge < -0.3 is 0 Å². The van der Waals surface area contributed by atoms with E-state index in [0.717, 1.165) is 6.08 Å². The fraction of sp³-hybridized carbons (Fsp3) is 0.429. The van der Waals surface area contributed by atoms with Gasteiger partial charge in [0.15, 0.2) is 0 Å². The molecule has 12 heavy (non-hydrogen) atoms. The van der Waals surface area contributed by atoms with Crippen molar-refractivity contribution in [2.24, 2.45) is 0 Å². The van der Waals surface area contributed by atoms with Gasteiger partial charge in [0.2, 0.25) is 0 Å². The normalized spacial score (nSPS) is 35.5. The van der Waals surface area contributed by atoms with Gasteiger partial charge in [0.25, 0.3) is 6.43 Å². The topological polar surface area (TPSA) is 0 Å². The predicted molar refractivity (Wildman–Crippen MR) is 53.8 cm³/mol. The van der Waals surface area contributed by atoms with Gasteiger partial charge in [-0.15, -0.1) is 0 Å². The average molecular weight is 353 g/mol. The van der Waals surface area contributed by atoms with Crippen LogP contribution in [-0.2, 0) is 0 Å². The summed E-state index contributed by atoms with van der Waals surface area (Å²) in [5, 5.41) is 0. The Kier molecular flexibility index (Phi) is 3.25. The van der Waals surface area contributed by atoms with Crippen molar-refractivity contribution in [3.05, 3.63) is 24.1 Å². The molecule has 0 aromatic carbocycles. The molecule has 0 aromatic heterocycles. The second-order valence-corrected chi connectivity index (χ2v) is 5.14. The van der Waals surface area contributed by atoms with E-state index in [4.69, 9.17) is 0 Å². The molecule has 1 rings (SSSR count). The van der Waals surface area contributed by atoms with E-state index in [9.17, 15) is 13.2 Å². The van der Waals surface area contributed by atoms with Crippen LogP contribution in [0.25, 0.3) is 0 Å². The molecular weight excluding hydrogens is 348 g/mol. The van der Waals surface area contributed by atoms with Crippen molar-refractivity contribution in [3.63, 3.8) is 0 Å². The Balaban J connectivity index is 3.02. The molecule has 2 unspecified atom stereocenters. The Morgan fingerprint density at radius 2 is 2.17 bits per heavy atom. The summed E-state index contributed by atoms with van der Waals surface area (Å²) in [6.07, 6.45) is 1.27. The Morgan fingerprint density at radius 3 is 2.50 bits per heavy atom. The molecule has 0 fully saturated rings. The van der Waals surface area contributed by atoms with Crippen LogP contribution < -0.4 is 0 Å². The van der Waals surface area contributed by atoms with Crippen molar-refractivity contribution < 1.29 is 13.2 Å². The molecule has 0 aromatic rings. The van der Waals surface area contributed by atoms with E-state index in [1.807, 2.05) is 0 Å². The summed E-state index contributed by atoms with van der Waals surface area (Å²) in [6, 6.07) is 0. The minimum Gasteiger partial charge on any atom is -0.210 e. The molecule has 2 atom stereocenters. The summed E-state index contributed by atoms with van der Waals surface area (Å²) in [5.74, 6) is -0.789. The highest BCUT2D eigenvalue weighted by Gasteiger charge is 2.47. The molecule has 0 heterocycles. The first kappa shape index (κ1) is 10.6. The lowest BCUT2D eigenvalue weighted by Gasteiger charge is -2.30. The van der Waals surface area contributed by atoms with Crippen LogP contribution in [0.3, 0.4) is 0 Å². The molecular formula is C7H5BrF3I. The van der Waals surface area contributed by atoms with Crippen LogP contribution in [-0.4, -0.2) is 14.7 Å². The summed E-state index contributed by atoms with van der Waals surface area (Å²) < 4.78 is 36.2. The van der Waals surface area contributed by atoms with Crippen LogP contribution in [0.5, 0.6) is 0 Å². The third-order valence-electron chi connectivity index (χ3n) is 1.61. The van der Waals surface area contributed by atoms with Gasteiger partial charge in [-0.3, -0.25) is 0 Å². The highest BCUT2D eigenvalue weighted by molar-refractivity contribution is 14.1. The maximum Gasteiger partial charge on any atom is 0.260 e. The van der Waals surface area contributed by atoms with Crippen molar-refractivity contribution >= 4 is 38.5 Å². The molecule has 0 bridgehead atoms. The van der Waals surface area contributed by atoms with Crippen LogP contribution in [0.4, 0.5) is 13.2 Å². The first-order valence-corrected chi connectivity index (χ1v) is 5.14. The summed E-state index contributed by atoms with van der Waals surface area (Å²) in [5.41, 5.74) is 0. The predicted octanol–water partition coefficient (Wildman–Crippen LogP) is 3.61. The molecule has 0 aliphatic heterocycles. The van der Waals surface area contributed by atoms with Gasteiger partial charge in [-0.25, -0.2) is 13.2 Å². The minimum atomic E-state index is -2.72. The molecule has 1 aliphatic carbocycles. The van der Waals surface area contributed by atoms with Crippen molar-refractivity contribution in [2.75, 3.05) is 0 Å². The van der Waals surface area contributed by atoms with E-state index in [-0.39, 0.29) is 0 Å². The first-order valence-electron chi connectivity index (χ1n) is 3.15. The molecule has 0 saturated heterocycles. The van der Waals surface area contributed by atoms with E-state index in [2.05, 4.69) is 15.9 Å². The van der Waals surface area contributed by atoms with Crippen LogP contribution in [0.15, 0.2) is 24.1 Å². The fourth-order valence-electron chi connectivity index (χ4n) is 0.862. The standard InChI is InChI=1S/C7H5BrF3I/c8-4-2-1-3-5(9)7(4,12)6(10)11/h1-4,6H.